The standard InChI is InChI=1S/C21H19NO4/c1-14-8-10-16(11-9-14)20(23)15(2)26-18-6-3-5-17(13-18)22-21(24)19-7-4-12-25-19/h3-13,15H,1-2H3,(H,22,24)/t15-/m0/s1. The molecule has 26 heavy (non-hydrogen) atoms. The van der Waals surface area contributed by atoms with Crippen molar-refractivity contribution >= 4 is 17.4 Å². The van der Waals surface area contributed by atoms with Gasteiger partial charge in [0.15, 0.2) is 11.9 Å². The third-order valence-corrected chi connectivity index (χ3v) is 3.86. The summed E-state index contributed by atoms with van der Waals surface area (Å²) in [6.07, 6.45) is 0.793. The molecule has 0 fully saturated rings. The third-order valence-electron chi connectivity index (χ3n) is 3.86. The summed E-state index contributed by atoms with van der Waals surface area (Å²) in [4.78, 5) is 24.5. The largest absolute Gasteiger partial charge is 0.482 e. The van der Waals surface area contributed by atoms with Crippen LogP contribution in [0.25, 0.3) is 0 Å². The number of rotatable bonds is 6. The van der Waals surface area contributed by atoms with Gasteiger partial charge in [0.1, 0.15) is 5.75 Å². The van der Waals surface area contributed by atoms with Crippen molar-refractivity contribution in [3.05, 3.63) is 83.8 Å². The molecule has 0 spiro atoms. The molecule has 0 aliphatic rings. The molecule has 0 saturated carbocycles. The number of amides is 1. The maximum atomic E-state index is 12.5. The highest BCUT2D eigenvalue weighted by atomic mass is 16.5. The summed E-state index contributed by atoms with van der Waals surface area (Å²) in [6.45, 7) is 3.67. The molecule has 0 bridgehead atoms. The molecule has 1 N–H and O–H groups in total. The summed E-state index contributed by atoms with van der Waals surface area (Å²) >= 11 is 0. The number of Topliss-reactive ketones (excluding diaryl/α,β-unsaturated/α-hetero) is 1. The van der Waals surface area contributed by atoms with Crippen LogP contribution in [0.2, 0.25) is 0 Å². The van der Waals surface area contributed by atoms with Gasteiger partial charge >= 0.3 is 0 Å². The smallest absolute Gasteiger partial charge is 0.291 e. The van der Waals surface area contributed by atoms with Gasteiger partial charge in [-0.3, -0.25) is 9.59 Å². The van der Waals surface area contributed by atoms with Crippen LogP contribution in [0.3, 0.4) is 0 Å². The Morgan fingerprint density at radius 2 is 1.81 bits per heavy atom. The average Bonchev–Trinajstić information content (AvgIpc) is 3.17. The van der Waals surface area contributed by atoms with Gasteiger partial charge in [-0.2, -0.15) is 0 Å². The lowest BCUT2D eigenvalue weighted by molar-refractivity contribution is 0.0818. The Morgan fingerprint density at radius 3 is 2.50 bits per heavy atom. The van der Waals surface area contributed by atoms with Crippen molar-refractivity contribution in [2.24, 2.45) is 0 Å². The lowest BCUT2D eigenvalue weighted by atomic mass is 10.1. The van der Waals surface area contributed by atoms with Gasteiger partial charge in [0.2, 0.25) is 5.78 Å². The lowest BCUT2D eigenvalue weighted by Crippen LogP contribution is -2.24. The van der Waals surface area contributed by atoms with Crippen LogP contribution in [0.1, 0.15) is 33.4 Å². The minimum absolute atomic E-state index is 0.102. The minimum atomic E-state index is -0.645. The first-order valence-corrected chi connectivity index (χ1v) is 8.25. The molecule has 1 amide bonds. The predicted octanol–water partition coefficient (Wildman–Crippen LogP) is 4.49. The van der Waals surface area contributed by atoms with Gasteiger partial charge in [0.05, 0.1) is 6.26 Å². The van der Waals surface area contributed by atoms with Crippen LogP contribution in [-0.4, -0.2) is 17.8 Å². The number of ether oxygens (including phenoxy) is 1. The van der Waals surface area contributed by atoms with E-state index in [4.69, 9.17) is 9.15 Å². The normalized spacial score (nSPS) is 11.6. The molecule has 1 aromatic heterocycles. The van der Waals surface area contributed by atoms with Crippen LogP contribution in [0.5, 0.6) is 5.75 Å². The number of carbonyl (C=O) groups is 2. The number of nitrogens with one attached hydrogen (secondary N) is 1. The summed E-state index contributed by atoms with van der Waals surface area (Å²) in [6, 6.07) is 17.5. The molecule has 0 saturated heterocycles. The van der Waals surface area contributed by atoms with Gasteiger partial charge in [0.25, 0.3) is 5.91 Å². The van der Waals surface area contributed by atoms with E-state index in [0.29, 0.717) is 17.0 Å². The summed E-state index contributed by atoms with van der Waals surface area (Å²) in [5.74, 6) is 0.264. The molecule has 5 nitrogen and oxygen atoms in total. The molecule has 1 atom stereocenters. The lowest BCUT2D eigenvalue weighted by Gasteiger charge is -2.15. The summed E-state index contributed by atoms with van der Waals surface area (Å²) in [5, 5.41) is 2.73. The van der Waals surface area contributed by atoms with Crippen molar-refractivity contribution in [1.82, 2.24) is 0 Å². The molecule has 1 heterocycles. The number of hydrogen-bond donors (Lipinski definition) is 1. The van der Waals surface area contributed by atoms with Crippen molar-refractivity contribution in [1.29, 1.82) is 0 Å². The monoisotopic (exact) mass is 349 g/mol. The molecule has 3 aromatic rings. The molecule has 0 unspecified atom stereocenters. The maximum absolute atomic E-state index is 12.5. The second-order valence-electron chi connectivity index (χ2n) is 5.95. The molecule has 3 rings (SSSR count). The average molecular weight is 349 g/mol. The molecule has 5 heteroatoms. The number of benzene rings is 2. The first-order chi connectivity index (χ1) is 12.5. The Kier molecular flexibility index (Phi) is 5.17. The van der Waals surface area contributed by atoms with Gasteiger partial charge in [-0.15, -0.1) is 0 Å². The number of carbonyl (C=O) groups excluding carboxylic acids is 2. The second-order valence-corrected chi connectivity index (χ2v) is 5.95. The molecular weight excluding hydrogens is 330 g/mol. The Hall–Kier alpha value is -3.34. The third kappa shape index (κ3) is 4.19. The van der Waals surface area contributed by atoms with Crippen LogP contribution in [0.4, 0.5) is 5.69 Å². The summed E-state index contributed by atoms with van der Waals surface area (Å²) in [7, 11) is 0. The zero-order valence-corrected chi connectivity index (χ0v) is 14.6. The maximum Gasteiger partial charge on any atom is 0.291 e. The summed E-state index contributed by atoms with van der Waals surface area (Å²) in [5.41, 5.74) is 2.25. The minimum Gasteiger partial charge on any atom is -0.482 e. The van der Waals surface area contributed by atoms with Crippen molar-refractivity contribution in [3.8, 4) is 5.75 Å². The Balaban J connectivity index is 1.67. The highest BCUT2D eigenvalue weighted by Gasteiger charge is 2.17. The van der Waals surface area contributed by atoms with Crippen LogP contribution in [0, 0.1) is 6.92 Å². The van der Waals surface area contributed by atoms with E-state index in [0.717, 1.165) is 5.56 Å². The van der Waals surface area contributed by atoms with E-state index < -0.39 is 6.10 Å². The fourth-order valence-electron chi connectivity index (χ4n) is 2.46. The summed E-state index contributed by atoms with van der Waals surface area (Å²) < 4.78 is 10.8. The van der Waals surface area contributed by atoms with E-state index in [1.807, 2.05) is 19.1 Å². The van der Waals surface area contributed by atoms with Gasteiger partial charge in [0, 0.05) is 17.3 Å². The van der Waals surface area contributed by atoms with Gasteiger partial charge in [-0.25, -0.2) is 0 Å². The number of ketones is 1. The SMILES string of the molecule is Cc1ccc(C(=O)[C@H](C)Oc2cccc(NC(=O)c3ccco3)c2)cc1. The van der Waals surface area contributed by atoms with Crippen molar-refractivity contribution in [3.63, 3.8) is 0 Å². The van der Waals surface area contributed by atoms with Crippen LogP contribution in [0.15, 0.2) is 71.3 Å². The zero-order chi connectivity index (χ0) is 18.5. The van der Waals surface area contributed by atoms with Crippen molar-refractivity contribution in [2.75, 3.05) is 5.32 Å². The molecule has 0 radical (unpaired) electrons. The van der Waals surface area contributed by atoms with Crippen LogP contribution < -0.4 is 10.1 Å². The highest BCUT2D eigenvalue weighted by molar-refractivity contribution is 6.02. The van der Waals surface area contributed by atoms with Gasteiger partial charge < -0.3 is 14.5 Å². The van der Waals surface area contributed by atoms with Gasteiger partial charge in [-0.1, -0.05) is 35.9 Å². The topological polar surface area (TPSA) is 68.5 Å². The van der Waals surface area contributed by atoms with Gasteiger partial charge in [-0.05, 0) is 38.1 Å². The quantitative estimate of drug-likeness (QED) is 0.666. The number of aryl methyl sites for hydroxylation is 1. The van der Waals surface area contributed by atoms with E-state index in [1.54, 1.807) is 55.5 Å². The van der Waals surface area contributed by atoms with E-state index >= 15 is 0 Å². The van der Waals surface area contributed by atoms with Crippen LogP contribution in [-0.2, 0) is 0 Å². The van der Waals surface area contributed by atoms with E-state index in [-0.39, 0.29) is 17.5 Å². The second kappa shape index (κ2) is 7.70. The number of anilines is 1. The molecular formula is C21H19NO4. The first-order valence-electron chi connectivity index (χ1n) is 8.25. The number of furan rings is 1. The molecule has 2 aromatic carbocycles. The molecule has 0 aliphatic heterocycles. The van der Waals surface area contributed by atoms with E-state index in [9.17, 15) is 9.59 Å². The number of hydrogen-bond acceptors (Lipinski definition) is 4. The van der Waals surface area contributed by atoms with E-state index in [1.165, 1.54) is 6.26 Å². The fourth-order valence-corrected chi connectivity index (χ4v) is 2.46. The molecule has 0 aliphatic carbocycles. The first kappa shape index (κ1) is 17.5. The van der Waals surface area contributed by atoms with E-state index in [2.05, 4.69) is 5.32 Å². The Morgan fingerprint density at radius 1 is 1.04 bits per heavy atom. The zero-order valence-electron chi connectivity index (χ0n) is 14.6. The Bertz CT molecular complexity index is 898. The Labute approximate surface area is 151 Å². The highest BCUT2D eigenvalue weighted by Crippen LogP contribution is 2.20. The van der Waals surface area contributed by atoms with Crippen LogP contribution >= 0.6 is 0 Å². The van der Waals surface area contributed by atoms with Crippen molar-refractivity contribution < 1.29 is 18.7 Å². The fraction of sp³-hybridized carbons (Fsp3) is 0.143. The predicted molar refractivity (Wildman–Crippen MR) is 98.7 cm³/mol. The van der Waals surface area contributed by atoms with Crippen molar-refractivity contribution in [2.45, 2.75) is 20.0 Å². The molecule has 132 valence electrons.